The molecule has 108 valence electrons. The van der Waals surface area contributed by atoms with Gasteiger partial charge < -0.3 is 5.11 Å². The summed E-state index contributed by atoms with van der Waals surface area (Å²) in [6.07, 6.45) is 2.58. The average molecular weight is 285 g/mol. The van der Waals surface area contributed by atoms with Crippen molar-refractivity contribution in [3.05, 3.63) is 24.3 Å². The fourth-order valence-corrected chi connectivity index (χ4v) is 3.59. The van der Waals surface area contributed by atoms with Crippen LogP contribution < -0.4 is 0 Å². The van der Waals surface area contributed by atoms with E-state index in [0.717, 1.165) is 19.3 Å². The Morgan fingerprint density at radius 1 is 1.21 bits per heavy atom. The number of hydrogen-bond acceptors (Lipinski definition) is 3. The first-order valence-corrected chi connectivity index (χ1v) is 8.18. The van der Waals surface area contributed by atoms with E-state index in [0.29, 0.717) is 6.54 Å². The molecule has 0 saturated carbocycles. The van der Waals surface area contributed by atoms with Crippen molar-refractivity contribution in [2.45, 2.75) is 51.0 Å². The highest BCUT2D eigenvalue weighted by atomic mass is 32.2. The number of phenols is 1. The molecule has 1 N–H and O–H groups in total. The molecule has 4 nitrogen and oxygen atoms in total. The summed E-state index contributed by atoms with van der Waals surface area (Å²) >= 11 is 0. The third-order valence-electron chi connectivity index (χ3n) is 3.26. The van der Waals surface area contributed by atoms with Gasteiger partial charge in [-0.3, -0.25) is 0 Å². The lowest BCUT2D eigenvalue weighted by Gasteiger charge is -2.27. The van der Waals surface area contributed by atoms with Gasteiger partial charge in [-0.1, -0.05) is 20.3 Å². The summed E-state index contributed by atoms with van der Waals surface area (Å²) in [6, 6.07) is 5.69. The molecular formula is C14H23NO3S. The van der Waals surface area contributed by atoms with E-state index in [4.69, 9.17) is 0 Å². The molecule has 1 aromatic carbocycles. The van der Waals surface area contributed by atoms with Crippen molar-refractivity contribution in [2.75, 3.05) is 6.54 Å². The van der Waals surface area contributed by atoms with Gasteiger partial charge in [0.25, 0.3) is 0 Å². The second-order valence-electron chi connectivity index (χ2n) is 4.72. The zero-order chi connectivity index (χ0) is 14.5. The van der Waals surface area contributed by atoms with Gasteiger partial charge >= 0.3 is 0 Å². The van der Waals surface area contributed by atoms with E-state index in [1.165, 1.54) is 24.3 Å². The Morgan fingerprint density at radius 3 is 2.26 bits per heavy atom. The maximum atomic E-state index is 12.6. The van der Waals surface area contributed by atoms with Crippen molar-refractivity contribution in [3.8, 4) is 5.75 Å². The Bertz CT molecular complexity index is 482. The fraction of sp³-hybridized carbons (Fsp3) is 0.571. The van der Waals surface area contributed by atoms with Crippen LogP contribution in [0.25, 0.3) is 0 Å². The summed E-state index contributed by atoms with van der Waals surface area (Å²) in [4.78, 5) is 0.238. The number of aromatic hydroxyl groups is 1. The second kappa shape index (κ2) is 6.91. The van der Waals surface area contributed by atoms with E-state index in [1.54, 1.807) is 4.31 Å². The first kappa shape index (κ1) is 16.0. The lowest BCUT2D eigenvalue weighted by atomic mass is 10.2. The van der Waals surface area contributed by atoms with Gasteiger partial charge in [0.05, 0.1) is 4.90 Å². The fourth-order valence-electron chi connectivity index (χ4n) is 1.85. The largest absolute Gasteiger partial charge is 0.508 e. The zero-order valence-corrected chi connectivity index (χ0v) is 12.7. The summed E-state index contributed by atoms with van der Waals surface area (Å²) < 4.78 is 26.7. The Kier molecular flexibility index (Phi) is 5.82. The van der Waals surface area contributed by atoms with Gasteiger partial charge in [0, 0.05) is 12.6 Å². The minimum absolute atomic E-state index is 0.0228. The smallest absolute Gasteiger partial charge is 0.243 e. The quantitative estimate of drug-likeness (QED) is 0.838. The summed E-state index contributed by atoms with van der Waals surface area (Å²) in [7, 11) is -3.48. The number of rotatable bonds is 7. The molecule has 0 saturated heterocycles. The topological polar surface area (TPSA) is 57.6 Å². The van der Waals surface area contributed by atoms with Crippen molar-refractivity contribution in [1.29, 1.82) is 0 Å². The SMILES string of the molecule is CCCCN(C(C)CC)S(=O)(=O)c1ccc(O)cc1. The van der Waals surface area contributed by atoms with Crippen LogP contribution in [0.5, 0.6) is 5.75 Å². The maximum absolute atomic E-state index is 12.6. The van der Waals surface area contributed by atoms with Gasteiger partial charge in [0.15, 0.2) is 0 Å². The third-order valence-corrected chi connectivity index (χ3v) is 5.29. The van der Waals surface area contributed by atoms with E-state index in [-0.39, 0.29) is 16.7 Å². The number of unbranched alkanes of at least 4 members (excludes halogenated alkanes) is 1. The van der Waals surface area contributed by atoms with Crippen LogP contribution in [0.3, 0.4) is 0 Å². The molecule has 1 atom stereocenters. The molecule has 5 heteroatoms. The first-order chi connectivity index (χ1) is 8.93. The molecule has 0 aliphatic carbocycles. The predicted octanol–water partition coefficient (Wildman–Crippen LogP) is 2.98. The lowest BCUT2D eigenvalue weighted by molar-refractivity contribution is 0.324. The van der Waals surface area contributed by atoms with Crippen LogP contribution in [0.1, 0.15) is 40.0 Å². The molecule has 0 heterocycles. The number of phenolic OH excluding ortho intramolecular Hbond substituents is 1. The lowest BCUT2D eigenvalue weighted by Crippen LogP contribution is -2.38. The van der Waals surface area contributed by atoms with Crippen molar-refractivity contribution in [3.63, 3.8) is 0 Å². The molecule has 0 amide bonds. The molecule has 0 fully saturated rings. The van der Waals surface area contributed by atoms with E-state index in [2.05, 4.69) is 0 Å². The van der Waals surface area contributed by atoms with Crippen molar-refractivity contribution in [2.24, 2.45) is 0 Å². The second-order valence-corrected chi connectivity index (χ2v) is 6.61. The van der Waals surface area contributed by atoms with Gasteiger partial charge in [-0.05, 0) is 44.0 Å². The molecular weight excluding hydrogens is 262 g/mol. The van der Waals surface area contributed by atoms with E-state index >= 15 is 0 Å². The van der Waals surface area contributed by atoms with Crippen molar-refractivity contribution in [1.82, 2.24) is 4.31 Å². The van der Waals surface area contributed by atoms with Crippen LogP contribution in [-0.2, 0) is 10.0 Å². The number of hydrogen-bond donors (Lipinski definition) is 1. The Hall–Kier alpha value is -1.07. The monoisotopic (exact) mass is 285 g/mol. The summed E-state index contributed by atoms with van der Waals surface area (Å²) in [5, 5.41) is 9.25. The average Bonchev–Trinajstić information content (AvgIpc) is 2.39. The van der Waals surface area contributed by atoms with E-state index < -0.39 is 10.0 Å². The molecule has 19 heavy (non-hydrogen) atoms. The van der Waals surface area contributed by atoms with E-state index in [9.17, 15) is 13.5 Å². The van der Waals surface area contributed by atoms with Gasteiger partial charge in [-0.15, -0.1) is 0 Å². The Balaban J connectivity index is 3.07. The van der Waals surface area contributed by atoms with Gasteiger partial charge in [-0.25, -0.2) is 8.42 Å². The molecule has 1 unspecified atom stereocenters. The number of nitrogens with zero attached hydrogens (tertiary/aromatic N) is 1. The minimum atomic E-state index is -3.48. The minimum Gasteiger partial charge on any atom is -0.508 e. The molecule has 0 aliphatic rings. The zero-order valence-electron chi connectivity index (χ0n) is 11.8. The molecule has 0 radical (unpaired) electrons. The molecule has 1 aromatic rings. The number of sulfonamides is 1. The summed E-state index contributed by atoms with van der Waals surface area (Å²) in [5.74, 6) is 0.0719. The maximum Gasteiger partial charge on any atom is 0.243 e. The molecule has 0 bridgehead atoms. The van der Waals surface area contributed by atoms with Crippen LogP contribution in [0.2, 0.25) is 0 Å². The van der Waals surface area contributed by atoms with Crippen LogP contribution in [0.4, 0.5) is 0 Å². The predicted molar refractivity (Wildman–Crippen MR) is 76.7 cm³/mol. The van der Waals surface area contributed by atoms with Crippen LogP contribution in [0.15, 0.2) is 29.2 Å². The first-order valence-electron chi connectivity index (χ1n) is 6.74. The molecule has 0 aliphatic heterocycles. The summed E-state index contributed by atoms with van der Waals surface area (Å²) in [5.41, 5.74) is 0. The van der Waals surface area contributed by atoms with Gasteiger partial charge in [-0.2, -0.15) is 4.31 Å². The summed E-state index contributed by atoms with van der Waals surface area (Å²) in [6.45, 7) is 6.49. The Labute approximate surface area is 116 Å². The Morgan fingerprint density at radius 2 is 1.79 bits per heavy atom. The van der Waals surface area contributed by atoms with Crippen LogP contribution in [-0.4, -0.2) is 30.4 Å². The van der Waals surface area contributed by atoms with E-state index in [1.807, 2.05) is 20.8 Å². The third kappa shape index (κ3) is 3.94. The van der Waals surface area contributed by atoms with Crippen LogP contribution >= 0.6 is 0 Å². The van der Waals surface area contributed by atoms with Crippen molar-refractivity contribution >= 4 is 10.0 Å². The highest BCUT2D eigenvalue weighted by Gasteiger charge is 2.27. The van der Waals surface area contributed by atoms with Gasteiger partial charge in [0.1, 0.15) is 5.75 Å². The molecule has 0 spiro atoms. The van der Waals surface area contributed by atoms with Crippen LogP contribution in [0, 0.1) is 0 Å². The van der Waals surface area contributed by atoms with Gasteiger partial charge in [0.2, 0.25) is 10.0 Å². The van der Waals surface area contributed by atoms with Crippen molar-refractivity contribution < 1.29 is 13.5 Å². The standard InChI is InChI=1S/C14H23NO3S/c1-4-6-11-15(12(3)5-2)19(17,18)14-9-7-13(16)8-10-14/h7-10,12,16H,4-6,11H2,1-3H3. The molecule has 0 aromatic heterocycles. The highest BCUT2D eigenvalue weighted by molar-refractivity contribution is 7.89. The number of benzene rings is 1. The highest BCUT2D eigenvalue weighted by Crippen LogP contribution is 2.22. The normalized spacial score (nSPS) is 13.7. The molecule has 1 rings (SSSR count).